The number of carbonyl (C=O) groups excluding carboxylic acids is 1. The SMILES string of the molecule is CCC(CC)C(=O)Nc1cc2c(cc1Cl)OCCO2. The Balaban J connectivity index is 2.18. The normalized spacial score (nSPS) is 13.5. The Morgan fingerprint density at radius 2 is 1.84 bits per heavy atom. The van der Waals surface area contributed by atoms with Gasteiger partial charge in [0.05, 0.1) is 10.7 Å². The summed E-state index contributed by atoms with van der Waals surface area (Å²) in [4.78, 5) is 12.1. The Labute approximate surface area is 118 Å². The molecule has 0 spiro atoms. The van der Waals surface area contributed by atoms with Gasteiger partial charge in [0.25, 0.3) is 0 Å². The molecule has 5 heteroatoms. The fraction of sp³-hybridized carbons (Fsp3) is 0.500. The summed E-state index contributed by atoms with van der Waals surface area (Å²) in [5.74, 6) is 1.24. The molecular formula is C14H18ClNO3. The van der Waals surface area contributed by atoms with Gasteiger partial charge in [0.2, 0.25) is 5.91 Å². The van der Waals surface area contributed by atoms with Crippen LogP contribution in [-0.4, -0.2) is 19.1 Å². The van der Waals surface area contributed by atoms with Crippen LogP contribution in [0.4, 0.5) is 5.69 Å². The standard InChI is InChI=1S/C14H18ClNO3/c1-3-9(4-2)14(17)16-11-8-13-12(7-10(11)15)18-5-6-19-13/h7-9H,3-6H2,1-2H3,(H,16,17). The minimum Gasteiger partial charge on any atom is -0.486 e. The van der Waals surface area contributed by atoms with Crippen molar-refractivity contribution in [3.63, 3.8) is 0 Å². The molecule has 1 heterocycles. The molecule has 0 atom stereocenters. The molecule has 1 N–H and O–H groups in total. The first kappa shape index (κ1) is 14.0. The predicted octanol–water partition coefficient (Wildman–Crippen LogP) is 3.49. The summed E-state index contributed by atoms with van der Waals surface area (Å²) in [6, 6.07) is 3.40. The first-order valence-electron chi connectivity index (χ1n) is 6.55. The van der Waals surface area contributed by atoms with Gasteiger partial charge in [-0.25, -0.2) is 0 Å². The number of benzene rings is 1. The summed E-state index contributed by atoms with van der Waals surface area (Å²) in [5.41, 5.74) is 0.572. The second-order valence-corrected chi connectivity index (χ2v) is 4.89. The highest BCUT2D eigenvalue weighted by molar-refractivity contribution is 6.34. The predicted molar refractivity (Wildman–Crippen MR) is 75.1 cm³/mol. The summed E-state index contributed by atoms with van der Waals surface area (Å²) in [7, 11) is 0. The maximum absolute atomic E-state index is 12.1. The summed E-state index contributed by atoms with van der Waals surface area (Å²) in [6.07, 6.45) is 1.62. The highest BCUT2D eigenvalue weighted by atomic mass is 35.5. The topological polar surface area (TPSA) is 47.6 Å². The maximum atomic E-state index is 12.1. The number of amides is 1. The van der Waals surface area contributed by atoms with E-state index in [0.29, 0.717) is 35.4 Å². The van der Waals surface area contributed by atoms with E-state index in [1.54, 1.807) is 12.1 Å². The van der Waals surface area contributed by atoms with E-state index in [9.17, 15) is 4.79 Å². The van der Waals surface area contributed by atoms with Gasteiger partial charge >= 0.3 is 0 Å². The van der Waals surface area contributed by atoms with Crippen molar-refractivity contribution < 1.29 is 14.3 Å². The number of carbonyl (C=O) groups is 1. The third kappa shape index (κ3) is 3.13. The number of ether oxygens (including phenoxy) is 2. The van der Waals surface area contributed by atoms with Crippen LogP contribution < -0.4 is 14.8 Å². The highest BCUT2D eigenvalue weighted by Crippen LogP contribution is 2.38. The van der Waals surface area contributed by atoms with Crippen LogP contribution in [0.5, 0.6) is 11.5 Å². The zero-order valence-electron chi connectivity index (χ0n) is 11.2. The van der Waals surface area contributed by atoms with E-state index in [0.717, 1.165) is 12.8 Å². The second kappa shape index (κ2) is 6.15. The van der Waals surface area contributed by atoms with Crippen molar-refractivity contribution in [1.29, 1.82) is 0 Å². The number of rotatable bonds is 4. The molecule has 1 aromatic rings. The van der Waals surface area contributed by atoms with Gasteiger partial charge in [-0.05, 0) is 12.8 Å². The zero-order valence-corrected chi connectivity index (χ0v) is 11.9. The average molecular weight is 284 g/mol. The van der Waals surface area contributed by atoms with Crippen LogP contribution in [0.1, 0.15) is 26.7 Å². The zero-order chi connectivity index (χ0) is 13.8. The molecule has 1 aliphatic rings. The van der Waals surface area contributed by atoms with Gasteiger partial charge in [-0.2, -0.15) is 0 Å². The molecular weight excluding hydrogens is 266 g/mol. The Hall–Kier alpha value is -1.42. The van der Waals surface area contributed by atoms with Gasteiger partial charge in [-0.1, -0.05) is 25.4 Å². The molecule has 19 heavy (non-hydrogen) atoms. The lowest BCUT2D eigenvalue weighted by atomic mass is 10.0. The average Bonchev–Trinajstić information content (AvgIpc) is 2.41. The summed E-state index contributed by atoms with van der Waals surface area (Å²) >= 11 is 6.15. The second-order valence-electron chi connectivity index (χ2n) is 4.48. The van der Waals surface area contributed by atoms with Crippen molar-refractivity contribution >= 4 is 23.2 Å². The Morgan fingerprint density at radius 3 is 2.42 bits per heavy atom. The smallest absolute Gasteiger partial charge is 0.227 e. The fourth-order valence-electron chi connectivity index (χ4n) is 2.05. The highest BCUT2D eigenvalue weighted by Gasteiger charge is 2.19. The lowest BCUT2D eigenvalue weighted by Gasteiger charge is -2.20. The van der Waals surface area contributed by atoms with Crippen LogP contribution in [-0.2, 0) is 4.79 Å². The van der Waals surface area contributed by atoms with E-state index in [-0.39, 0.29) is 11.8 Å². The van der Waals surface area contributed by atoms with Crippen molar-refractivity contribution in [2.24, 2.45) is 5.92 Å². The summed E-state index contributed by atoms with van der Waals surface area (Å²) in [5, 5.41) is 3.32. The Morgan fingerprint density at radius 1 is 1.26 bits per heavy atom. The number of nitrogens with one attached hydrogen (secondary N) is 1. The monoisotopic (exact) mass is 283 g/mol. The van der Waals surface area contributed by atoms with Crippen LogP contribution >= 0.6 is 11.6 Å². The van der Waals surface area contributed by atoms with Crippen molar-refractivity contribution in [1.82, 2.24) is 0 Å². The molecule has 0 bridgehead atoms. The minimum atomic E-state index is -0.0106. The third-order valence-electron chi connectivity index (χ3n) is 3.25. The molecule has 4 nitrogen and oxygen atoms in total. The minimum absolute atomic E-state index is 0.00395. The molecule has 0 aromatic heterocycles. The lowest BCUT2D eigenvalue weighted by Crippen LogP contribution is -2.22. The summed E-state index contributed by atoms with van der Waals surface area (Å²) in [6.45, 7) is 5.02. The quantitative estimate of drug-likeness (QED) is 0.920. The van der Waals surface area contributed by atoms with Crippen molar-refractivity contribution in [3.8, 4) is 11.5 Å². The maximum Gasteiger partial charge on any atom is 0.227 e. The van der Waals surface area contributed by atoms with Crippen molar-refractivity contribution in [3.05, 3.63) is 17.2 Å². The van der Waals surface area contributed by atoms with Crippen LogP contribution in [0.2, 0.25) is 5.02 Å². The van der Waals surface area contributed by atoms with Crippen molar-refractivity contribution in [2.45, 2.75) is 26.7 Å². The number of anilines is 1. The molecule has 0 saturated heterocycles. The fourth-order valence-corrected chi connectivity index (χ4v) is 2.25. The molecule has 1 amide bonds. The van der Waals surface area contributed by atoms with E-state index >= 15 is 0 Å². The van der Waals surface area contributed by atoms with Gasteiger partial charge in [-0.15, -0.1) is 0 Å². The van der Waals surface area contributed by atoms with Crippen molar-refractivity contribution in [2.75, 3.05) is 18.5 Å². The van der Waals surface area contributed by atoms with Gasteiger partial charge < -0.3 is 14.8 Å². The summed E-state index contributed by atoms with van der Waals surface area (Å²) < 4.78 is 10.9. The molecule has 0 fully saturated rings. The third-order valence-corrected chi connectivity index (χ3v) is 3.56. The van der Waals surface area contributed by atoms with Crippen LogP contribution in [0.15, 0.2) is 12.1 Å². The molecule has 1 aromatic carbocycles. The van der Waals surface area contributed by atoms with Gasteiger partial charge in [0.1, 0.15) is 13.2 Å². The number of hydrogen-bond acceptors (Lipinski definition) is 3. The number of halogens is 1. The first-order valence-corrected chi connectivity index (χ1v) is 6.93. The Kier molecular flexibility index (Phi) is 4.53. The Bertz CT molecular complexity index is 472. The molecule has 0 aliphatic carbocycles. The van der Waals surface area contributed by atoms with E-state index in [1.165, 1.54) is 0 Å². The first-order chi connectivity index (χ1) is 9.15. The van der Waals surface area contributed by atoms with Crippen LogP contribution in [0.25, 0.3) is 0 Å². The molecule has 1 aliphatic heterocycles. The molecule has 2 rings (SSSR count). The number of hydrogen-bond donors (Lipinski definition) is 1. The molecule has 104 valence electrons. The van der Waals surface area contributed by atoms with E-state index in [4.69, 9.17) is 21.1 Å². The van der Waals surface area contributed by atoms with Crippen LogP contribution in [0.3, 0.4) is 0 Å². The molecule has 0 saturated carbocycles. The largest absolute Gasteiger partial charge is 0.486 e. The van der Waals surface area contributed by atoms with Gasteiger partial charge in [0.15, 0.2) is 11.5 Å². The van der Waals surface area contributed by atoms with E-state index in [2.05, 4.69) is 5.32 Å². The molecule has 0 radical (unpaired) electrons. The van der Waals surface area contributed by atoms with Crippen LogP contribution in [0, 0.1) is 5.92 Å². The van der Waals surface area contributed by atoms with E-state index in [1.807, 2.05) is 13.8 Å². The molecule has 0 unspecified atom stereocenters. The van der Waals surface area contributed by atoms with Gasteiger partial charge in [0, 0.05) is 18.1 Å². The van der Waals surface area contributed by atoms with E-state index < -0.39 is 0 Å². The number of fused-ring (bicyclic) bond motifs is 1. The van der Waals surface area contributed by atoms with Gasteiger partial charge in [-0.3, -0.25) is 4.79 Å². The lowest BCUT2D eigenvalue weighted by molar-refractivity contribution is -0.120.